The zero-order chi connectivity index (χ0) is 18.1. The van der Waals surface area contributed by atoms with Crippen molar-refractivity contribution in [2.45, 2.75) is 26.2 Å². The maximum atomic E-state index is 8.51. The van der Waals surface area contributed by atoms with Gasteiger partial charge in [-0.1, -0.05) is 44.9 Å². The molecule has 0 N–H and O–H groups in total. The molecular formula is C16H16O. The van der Waals surface area contributed by atoms with Gasteiger partial charge in [0.25, 0.3) is 0 Å². The molecule has 0 unspecified atom stereocenters. The zero-order valence-electron chi connectivity index (χ0n) is 16.9. The number of para-hydroxylation sites is 1. The topological polar surface area (TPSA) is 13.1 Å². The average Bonchev–Trinajstić information content (AvgIpc) is 2.88. The van der Waals surface area contributed by atoms with Crippen molar-refractivity contribution in [2.24, 2.45) is 0 Å². The molecule has 2 aromatic carbocycles. The van der Waals surface area contributed by atoms with Crippen LogP contribution in [0, 0.1) is 0 Å². The Balaban J connectivity index is 2.70. The van der Waals surface area contributed by atoms with Gasteiger partial charge >= 0.3 is 0 Å². The van der Waals surface area contributed by atoms with Crippen molar-refractivity contribution in [2.75, 3.05) is 0 Å². The highest BCUT2D eigenvalue weighted by molar-refractivity contribution is 6.05. The SMILES string of the molecule is [2H]c1c([2H])c([2H])c2c(oc3c([2H])c([2H])c(C(C)(C)C)c([2H])c32)c1[2H]. The second kappa shape index (κ2) is 3.36. The summed E-state index contributed by atoms with van der Waals surface area (Å²) in [5.74, 6) is 0. The molecule has 0 saturated heterocycles. The Morgan fingerprint density at radius 3 is 2.41 bits per heavy atom. The standard InChI is InChI=1S/C16H16O/c1-16(2,3)11-8-9-15-13(10-11)12-6-4-5-7-14(12)17-15/h4-10H,1-3H3/i4D,5D,6D,7D,8D,9D,10D. The van der Waals surface area contributed by atoms with Crippen LogP contribution >= 0.6 is 0 Å². The van der Waals surface area contributed by atoms with Gasteiger partial charge in [-0.3, -0.25) is 0 Å². The normalized spacial score (nSPS) is 18.2. The Morgan fingerprint density at radius 1 is 0.941 bits per heavy atom. The molecule has 0 bridgehead atoms. The first-order valence-corrected chi connectivity index (χ1v) is 5.41. The van der Waals surface area contributed by atoms with Gasteiger partial charge in [0.1, 0.15) is 11.2 Å². The molecule has 1 aromatic heterocycles. The Hall–Kier alpha value is -1.76. The van der Waals surface area contributed by atoms with Crippen LogP contribution in [0.1, 0.15) is 35.9 Å². The first kappa shape index (κ1) is 5.26. The van der Waals surface area contributed by atoms with Crippen LogP contribution in [0.3, 0.4) is 0 Å². The molecule has 3 rings (SSSR count). The number of fused-ring (bicyclic) bond motifs is 3. The molecule has 0 spiro atoms. The van der Waals surface area contributed by atoms with Crippen LogP contribution in [0.15, 0.2) is 46.7 Å². The lowest BCUT2D eigenvalue weighted by Crippen LogP contribution is -2.10. The monoisotopic (exact) mass is 231 g/mol. The van der Waals surface area contributed by atoms with Crippen LogP contribution < -0.4 is 0 Å². The van der Waals surface area contributed by atoms with Gasteiger partial charge in [-0.05, 0) is 29.1 Å². The van der Waals surface area contributed by atoms with E-state index in [1.54, 1.807) is 0 Å². The van der Waals surface area contributed by atoms with Gasteiger partial charge in [-0.15, -0.1) is 0 Å². The Labute approximate surface area is 111 Å². The summed E-state index contributed by atoms with van der Waals surface area (Å²) in [6, 6.07) is -1.82. The summed E-state index contributed by atoms with van der Waals surface area (Å²) < 4.78 is 62.1. The van der Waals surface area contributed by atoms with E-state index in [9.17, 15) is 0 Å². The summed E-state index contributed by atoms with van der Waals surface area (Å²) in [4.78, 5) is 0. The second-order valence-corrected chi connectivity index (χ2v) is 5.01. The first-order valence-electron chi connectivity index (χ1n) is 8.91. The van der Waals surface area contributed by atoms with Crippen LogP contribution in [0.4, 0.5) is 0 Å². The molecule has 0 radical (unpaired) electrons. The fourth-order valence-corrected chi connectivity index (χ4v) is 1.68. The summed E-state index contributed by atoms with van der Waals surface area (Å²) in [5.41, 5.74) is -0.328. The van der Waals surface area contributed by atoms with Crippen molar-refractivity contribution < 1.29 is 14.0 Å². The maximum absolute atomic E-state index is 8.51. The van der Waals surface area contributed by atoms with E-state index in [4.69, 9.17) is 14.0 Å². The minimum atomic E-state index is -0.563. The average molecular weight is 231 g/mol. The summed E-state index contributed by atoms with van der Waals surface area (Å²) in [6.45, 7) is 5.50. The Morgan fingerprint density at radius 2 is 1.65 bits per heavy atom. The van der Waals surface area contributed by atoms with E-state index in [1.165, 1.54) is 0 Å². The maximum Gasteiger partial charge on any atom is 0.135 e. The van der Waals surface area contributed by atoms with Crippen molar-refractivity contribution in [1.82, 2.24) is 0 Å². The largest absolute Gasteiger partial charge is 0.456 e. The molecule has 1 heteroatoms. The fourth-order valence-electron chi connectivity index (χ4n) is 1.68. The molecule has 86 valence electrons. The number of rotatable bonds is 0. The van der Waals surface area contributed by atoms with Gasteiger partial charge in [0, 0.05) is 10.8 Å². The summed E-state index contributed by atoms with van der Waals surface area (Å²) in [6.07, 6.45) is 0. The van der Waals surface area contributed by atoms with E-state index >= 15 is 0 Å². The molecular weight excluding hydrogens is 208 g/mol. The quantitative estimate of drug-likeness (QED) is 0.537. The van der Waals surface area contributed by atoms with Crippen molar-refractivity contribution >= 4 is 21.9 Å². The van der Waals surface area contributed by atoms with Gasteiger partial charge in [-0.25, -0.2) is 0 Å². The van der Waals surface area contributed by atoms with Crippen LogP contribution in [-0.2, 0) is 5.41 Å². The highest BCUT2D eigenvalue weighted by Gasteiger charge is 2.15. The van der Waals surface area contributed by atoms with Gasteiger partial charge in [0.15, 0.2) is 0 Å². The van der Waals surface area contributed by atoms with Crippen LogP contribution in [-0.4, -0.2) is 0 Å². The lowest BCUT2D eigenvalue weighted by molar-refractivity contribution is 0.590. The number of hydrogen-bond acceptors (Lipinski definition) is 1. The van der Waals surface area contributed by atoms with Crippen LogP contribution in [0.5, 0.6) is 0 Å². The van der Waals surface area contributed by atoms with Crippen molar-refractivity contribution in [3.05, 3.63) is 47.9 Å². The highest BCUT2D eigenvalue weighted by Crippen LogP contribution is 2.32. The third-order valence-electron chi connectivity index (χ3n) is 2.64. The van der Waals surface area contributed by atoms with Gasteiger partial charge in [0.2, 0.25) is 0 Å². The van der Waals surface area contributed by atoms with E-state index in [0.29, 0.717) is 5.56 Å². The van der Waals surface area contributed by atoms with E-state index in [2.05, 4.69) is 0 Å². The lowest BCUT2D eigenvalue weighted by atomic mass is 9.86. The molecule has 0 amide bonds. The van der Waals surface area contributed by atoms with E-state index in [-0.39, 0.29) is 52.2 Å². The van der Waals surface area contributed by atoms with Gasteiger partial charge in [0.05, 0.1) is 9.60 Å². The zero-order valence-corrected chi connectivity index (χ0v) is 9.91. The predicted octanol–water partition coefficient (Wildman–Crippen LogP) is 4.88. The minimum Gasteiger partial charge on any atom is -0.456 e. The summed E-state index contributed by atoms with van der Waals surface area (Å²) in [5, 5.41) is 0.267. The van der Waals surface area contributed by atoms with E-state index in [1.807, 2.05) is 20.8 Å². The molecule has 0 fully saturated rings. The van der Waals surface area contributed by atoms with Crippen molar-refractivity contribution in [1.29, 1.82) is 0 Å². The van der Waals surface area contributed by atoms with Crippen LogP contribution in [0.2, 0.25) is 0 Å². The number of benzene rings is 2. The smallest absolute Gasteiger partial charge is 0.135 e. The molecule has 1 heterocycles. The van der Waals surface area contributed by atoms with Crippen LogP contribution in [0.25, 0.3) is 21.9 Å². The van der Waals surface area contributed by atoms with Gasteiger partial charge < -0.3 is 4.42 Å². The molecule has 17 heavy (non-hydrogen) atoms. The van der Waals surface area contributed by atoms with E-state index in [0.717, 1.165) is 0 Å². The predicted molar refractivity (Wildman–Crippen MR) is 72.4 cm³/mol. The molecule has 3 aromatic rings. The first-order chi connectivity index (χ1) is 11.0. The third kappa shape index (κ3) is 1.62. The summed E-state index contributed by atoms with van der Waals surface area (Å²) in [7, 11) is 0. The van der Waals surface area contributed by atoms with E-state index < -0.39 is 17.5 Å². The lowest BCUT2D eigenvalue weighted by Gasteiger charge is -2.18. The number of hydrogen-bond donors (Lipinski definition) is 0. The Kier molecular flexibility index (Phi) is 1.04. The molecule has 0 aliphatic carbocycles. The highest BCUT2D eigenvalue weighted by atomic mass is 16.3. The fraction of sp³-hybridized carbons (Fsp3) is 0.250. The molecule has 1 nitrogen and oxygen atoms in total. The molecule has 0 aliphatic rings. The second-order valence-electron chi connectivity index (χ2n) is 5.01. The molecule has 0 saturated carbocycles. The van der Waals surface area contributed by atoms with Gasteiger partial charge in [-0.2, -0.15) is 0 Å². The van der Waals surface area contributed by atoms with Crippen molar-refractivity contribution in [3.63, 3.8) is 0 Å². The van der Waals surface area contributed by atoms with Crippen molar-refractivity contribution in [3.8, 4) is 0 Å². The molecule has 0 atom stereocenters. The Bertz CT molecular complexity index is 1010. The minimum absolute atomic E-state index is 0.0257. The number of furan rings is 1. The third-order valence-corrected chi connectivity index (χ3v) is 2.64. The molecule has 0 aliphatic heterocycles. The summed E-state index contributed by atoms with van der Waals surface area (Å²) >= 11 is 0.